The molecule has 1 aliphatic rings. The van der Waals surface area contributed by atoms with Crippen LogP contribution in [0.4, 0.5) is 4.39 Å². The Balaban J connectivity index is 0.00000288. The van der Waals surface area contributed by atoms with Gasteiger partial charge in [-0.3, -0.25) is 4.99 Å². The second-order valence-electron chi connectivity index (χ2n) is 5.83. The number of hydrogen-bond acceptors (Lipinski definition) is 3. The van der Waals surface area contributed by atoms with Crippen molar-refractivity contribution < 1.29 is 13.9 Å². The summed E-state index contributed by atoms with van der Waals surface area (Å²) in [6.45, 7) is 7.37. The minimum Gasteiger partial charge on any atom is -0.492 e. The monoisotopic (exact) mass is 451 g/mol. The molecule has 24 heavy (non-hydrogen) atoms. The van der Waals surface area contributed by atoms with Crippen molar-refractivity contribution in [2.24, 2.45) is 4.99 Å². The lowest BCUT2D eigenvalue weighted by Gasteiger charge is -2.21. The molecule has 0 saturated carbocycles. The van der Waals surface area contributed by atoms with Gasteiger partial charge in [0.15, 0.2) is 5.96 Å². The minimum absolute atomic E-state index is 0. The molecule has 136 valence electrons. The molecule has 1 aromatic rings. The number of rotatable bonds is 7. The highest BCUT2D eigenvalue weighted by Gasteiger charge is 2.29. The van der Waals surface area contributed by atoms with E-state index in [1.165, 1.54) is 12.1 Å². The molecular weight excluding hydrogens is 424 g/mol. The maximum absolute atomic E-state index is 13.1. The van der Waals surface area contributed by atoms with Crippen molar-refractivity contribution >= 4 is 29.9 Å². The summed E-state index contributed by atoms with van der Waals surface area (Å²) in [6.07, 6.45) is 2.13. The van der Waals surface area contributed by atoms with E-state index in [1.807, 2.05) is 6.92 Å². The Labute approximate surface area is 160 Å². The molecule has 0 aliphatic carbocycles. The first-order chi connectivity index (χ1) is 11.1. The highest BCUT2D eigenvalue weighted by molar-refractivity contribution is 14.0. The van der Waals surface area contributed by atoms with Gasteiger partial charge in [0.1, 0.15) is 18.2 Å². The van der Waals surface area contributed by atoms with Gasteiger partial charge in [-0.15, -0.1) is 24.0 Å². The molecule has 0 spiro atoms. The molecule has 0 amide bonds. The van der Waals surface area contributed by atoms with Crippen molar-refractivity contribution in [3.63, 3.8) is 0 Å². The topological polar surface area (TPSA) is 54.9 Å². The molecule has 7 heteroatoms. The number of hydrogen-bond donors (Lipinski definition) is 2. The number of benzene rings is 1. The average Bonchev–Trinajstić information content (AvgIpc) is 2.96. The van der Waals surface area contributed by atoms with E-state index < -0.39 is 0 Å². The van der Waals surface area contributed by atoms with Gasteiger partial charge >= 0.3 is 0 Å². The normalized spacial score (nSPS) is 20.4. The van der Waals surface area contributed by atoms with Crippen molar-refractivity contribution in [1.29, 1.82) is 0 Å². The fraction of sp³-hybridized carbons (Fsp3) is 0.588. The van der Waals surface area contributed by atoms with Gasteiger partial charge in [0.05, 0.1) is 18.7 Å². The third-order valence-corrected chi connectivity index (χ3v) is 3.68. The van der Waals surface area contributed by atoms with Crippen LogP contribution >= 0.6 is 24.0 Å². The van der Waals surface area contributed by atoms with Crippen molar-refractivity contribution in [2.75, 3.05) is 32.8 Å². The zero-order valence-electron chi connectivity index (χ0n) is 14.3. The quantitative estimate of drug-likeness (QED) is 0.290. The van der Waals surface area contributed by atoms with Crippen LogP contribution in [-0.2, 0) is 4.74 Å². The first-order valence-corrected chi connectivity index (χ1v) is 8.16. The van der Waals surface area contributed by atoms with Crippen molar-refractivity contribution in [1.82, 2.24) is 10.6 Å². The third kappa shape index (κ3) is 7.21. The molecule has 0 aromatic heterocycles. The van der Waals surface area contributed by atoms with Crippen LogP contribution in [0, 0.1) is 5.82 Å². The molecule has 1 heterocycles. The van der Waals surface area contributed by atoms with Crippen LogP contribution in [-0.4, -0.2) is 44.4 Å². The molecule has 5 nitrogen and oxygen atoms in total. The summed E-state index contributed by atoms with van der Waals surface area (Å²) in [4.78, 5) is 4.58. The maximum atomic E-state index is 13.1. The van der Waals surface area contributed by atoms with E-state index >= 15 is 0 Å². The summed E-state index contributed by atoms with van der Waals surface area (Å²) in [5.74, 6) is 0.975. The molecule has 1 aliphatic heterocycles. The van der Waals surface area contributed by atoms with Crippen molar-refractivity contribution in [3.8, 4) is 5.75 Å². The van der Waals surface area contributed by atoms with Crippen LogP contribution in [0.25, 0.3) is 0 Å². The van der Waals surface area contributed by atoms with Crippen LogP contribution < -0.4 is 15.4 Å². The first kappa shape index (κ1) is 21.0. The number of aliphatic imine (C=N–C) groups is 1. The van der Waals surface area contributed by atoms with E-state index in [2.05, 4.69) is 22.5 Å². The first-order valence-electron chi connectivity index (χ1n) is 8.16. The average molecular weight is 451 g/mol. The van der Waals surface area contributed by atoms with Gasteiger partial charge < -0.3 is 20.1 Å². The Hall–Kier alpha value is -1.09. The molecule has 1 fully saturated rings. The highest BCUT2D eigenvalue weighted by Crippen LogP contribution is 2.24. The van der Waals surface area contributed by atoms with Crippen LogP contribution in [0.2, 0.25) is 0 Å². The Morgan fingerprint density at radius 3 is 2.92 bits per heavy atom. The number of halogens is 2. The third-order valence-electron chi connectivity index (χ3n) is 3.68. The predicted octanol–water partition coefficient (Wildman–Crippen LogP) is 2.95. The van der Waals surface area contributed by atoms with Crippen molar-refractivity contribution in [2.45, 2.75) is 32.3 Å². The summed E-state index contributed by atoms with van der Waals surface area (Å²) in [5.41, 5.74) is -0.152. The van der Waals surface area contributed by atoms with E-state index in [0.717, 1.165) is 32.0 Å². The second-order valence-corrected chi connectivity index (χ2v) is 5.83. The zero-order valence-corrected chi connectivity index (χ0v) is 16.6. The van der Waals surface area contributed by atoms with Gasteiger partial charge in [0.25, 0.3) is 0 Å². The predicted molar refractivity (Wildman–Crippen MR) is 105 cm³/mol. The fourth-order valence-corrected chi connectivity index (χ4v) is 2.44. The number of ether oxygens (including phenoxy) is 2. The number of nitrogens with zero attached hydrogens (tertiary/aromatic N) is 1. The fourth-order valence-electron chi connectivity index (χ4n) is 2.44. The van der Waals surface area contributed by atoms with Crippen molar-refractivity contribution in [3.05, 3.63) is 30.1 Å². The summed E-state index contributed by atoms with van der Waals surface area (Å²) in [5, 5.41) is 6.41. The van der Waals surface area contributed by atoms with Crippen LogP contribution in [0.3, 0.4) is 0 Å². The Morgan fingerprint density at radius 1 is 1.42 bits per heavy atom. The van der Waals surface area contributed by atoms with Crippen LogP contribution in [0.15, 0.2) is 29.3 Å². The van der Waals surface area contributed by atoms with Crippen LogP contribution in [0.1, 0.15) is 26.7 Å². The number of nitrogens with one attached hydrogen (secondary N) is 2. The molecule has 0 bridgehead atoms. The molecule has 1 atom stereocenters. The molecule has 2 N–H and O–H groups in total. The van der Waals surface area contributed by atoms with Crippen LogP contribution in [0.5, 0.6) is 5.75 Å². The summed E-state index contributed by atoms with van der Waals surface area (Å²) in [6, 6.07) is 6.14. The van der Waals surface area contributed by atoms with Gasteiger partial charge in [-0.25, -0.2) is 4.39 Å². The van der Waals surface area contributed by atoms with Gasteiger partial charge in [-0.05, 0) is 38.8 Å². The summed E-state index contributed by atoms with van der Waals surface area (Å²) >= 11 is 0. The van der Waals surface area contributed by atoms with Gasteiger partial charge in [0, 0.05) is 19.2 Å². The summed E-state index contributed by atoms with van der Waals surface area (Å²) in [7, 11) is 0. The SMILES string of the molecule is CCNC(=NCC1(C)CCCO1)NCCOc1cccc(F)c1.I. The molecule has 1 saturated heterocycles. The minimum atomic E-state index is -0.296. The molecule has 1 aromatic carbocycles. The summed E-state index contributed by atoms with van der Waals surface area (Å²) < 4.78 is 24.3. The zero-order chi connectivity index (χ0) is 16.5. The lowest BCUT2D eigenvalue weighted by Crippen LogP contribution is -2.40. The molecule has 2 rings (SSSR count). The standard InChI is InChI=1S/C17H26FN3O2.HI/c1-3-19-16(21-13-17(2)8-5-10-23-17)20-9-11-22-15-7-4-6-14(18)12-15;/h4,6-7,12H,3,5,8-11,13H2,1-2H3,(H2,19,20,21);1H. The van der Waals surface area contributed by atoms with E-state index in [4.69, 9.17) is 9.47 Å². The van der Waals surface area contributed by atoms with E-state index in [9.17, 15) is 4.39 Å². The van der Waals surface area contributed by atoms with Gasteiger partial charge in [0.2, 0.25) is 0 Å². The molecule has 0 radical (unpaired) electrons. The number of guanidine groups is 1. The van der Waals surface area contributed by atoms with E-state index in [0.29, 0.717) is 25.4 Å². The highest BCUT2D eigenvalue weighted by atomic mass is 127. The van der Waals surface area contributed by atoms with Gasteiger partial charge in [-0.1, -0.05) is 6.07 Å². The Bertz CT molecular complexity index is 522. The smallest absolute Gasteiger partial charge is 0.191 e. The Morgan fingerprint density at radius 2 is 2.25 bits per heavy atom. The van der Waals surface area contributed by atoms with Gasteiger partial charge in [-0.2, -0.15) is 0 Å². The lowest BCUT2D eigenvalue weighted by atomic mass is 10.0. The molecule has 1 unspecified atom stereocenters. The van der Waals surface area contributed by atoms with E-state index in [-0.39, 0.29) is 35.4 Å². The largest absolute Gasteiger partial charge is 0.492 e. The maximum Gasteiger partial charge on any atom is 0.191 e. The van der Waals surface area contributed by atoms with E-state index in [1.54, 1.807) is 12.1 Å². The molecular formula is C17H27FIN3O2. The second kappa shape index (κ2) is 10.7. The Kier molecular flexibility index (Phi) is 9.35. The lowest BCUT2D eigenvalue weighted by molar-refractivity contribution is 0.0283.